The fraction of sp³-hybridized carbons (Fsp3) is 0.226. The van der Waals surface area contributed by atoms with Crippen molar-refractivity contribution in [3.8, 4) is 28.3 Å². The molecule has 8 heteroatoms. The molecular formula is C31H30N4O4. The number of phenols is 1. The van der Waals surface area contributed by atoms with Gasteiger partial charge in [-0.2, -0.15) is 0 Å². The molecular weight excluding hydrogens is 492 g/mol. The van der Waals surface area contributed by atoms with Gasteiger partial charge in [-0.3, -0.25) is 18.9 Å². The number of rotatable bonds is 9. The van der Waals surface area contributed by atoms with E-state index in [4.69, 9.17) is 9.51 Å². The highest BCUT2D eigenvalue weighted by atomic mass is 16.5. The van der Waals surface area contributed by atoms with Gasteiger partial charge in [-0.1, -0.05) is 79.2 Å². The summed E-state index contributed by atoms with van der Waals surface area (Å²) in [5.74, 6) is 0.648. The molecule has 0 radical (unpaired) electrons. The lowest BCUT2D eigenvalue weighted by molar-refractivity contribution is 0.388. The zero-order valence-electron chi connectivity index (χ0n) is 22.0. The molecule has 0 aliphatic rings. The van der Waals surface area contributed by atoms with Gasteiger partial charge in [-0.15, -0.1) is 0 Å². The van der Waals surface area contributed by atoms with Crippen LogP contribution in [0.5, 0.6) is 5.75 Å². The van der Waals surface area contributed by atoms with Gasteiger partial charge in [0.2, 0.25) is 0 Å². The van der Waals surface area contributed by atoms with Gasteiger partial charge in [0.15, 0.2) is 5.82 Å². The number of phenolic OH excluding ortho intramolecular Hbond substituents is 1. The van der Waals surface area contributed by atoms with Crippen molar-refractivity contribution in [1.82, 2.24) is 19.7 Å². The molecule has 8 nitrogen and oxygen atoms in total. The van der Waals surface area contributed by atoms with Crippen LogP contribution in [0.2, 0.25) is 0 Å². The van der Waals surface area contributed by atoms with Gasteiger partial charge in [0.25, 0.3) is 5.56 Å². The molecule has 3 aromatic carbocycles. The van der Waals surface area contributed by atoms with Crippen molar-refractivity contribution < 1.29 is 9.63 Å². The highest BCUT2D eigenvalue weighted by Gasteiger charge is 2.16. The lowest BCUT2D eigenvalue weighted by Crippen LogP contribution is -2.30. The number of H-pyrrole nitrogens is 1. The van der Waals surface area contributed by atoms with Crippen molar-refractivity contribution >= 4 is 0 Å². The Kier molecular flexibility index (Phi) is 7.54. The molecule has 2 heterocycles. The number of hydrogen-bond acceptors (Lipinski definition) is 6. The Morgan fingerprint density at radius 1 is 0.923 bits per heavy atom. The molecule has 0 spiro atoms. The molecule has 2 N–H and O–H groups in total. The third-order valence-corrected chi connectivity index (χ3v) is 6.85. The Hall–Kier alpha value is -4.72. The van der Waals surface area contributed by atoms with Gasteiger partial charge in [-0.25, -0.2) is 9.78 Å². The molecule has 0 bridgehead atoms. The Morgan fingerprint density at radius 2 is 1.62 bits per heavy atom. The number of aryl methyl sites for hydroxylation is 2. The van der Waals surface area contributed by atoms with E-state index >= 15 is 0 Å². The minimum Gasteiger partial charge on any atom is -0.508 e. The monoisotopic (exact) mass is 522 g/mol. The third-order valence-electron chi connectivity index (χ3n) is 6.85. The first kappa shape index (κ1) is 25.9. The van der Waals surface area contributed by atoms with Crippen molar-refractivity contribution in [3.05, 3.63) is 122 Å². The number of hydrogen-bond donors (Lipinski definition) is 2. The molecule has 0 aliphatic heterocycles. The van der Waals surface area contributed by atoms with E-state index in [0.29, 0.717) is 30.2 Å². The Balaban J connectivity index is 1.47. The predicted octanol–water partition coefficient (Wildman–Crippen LogP) is 5.25. The van der Waals surface area contributed by atoms with Gasteiger partial charge in [0.1, 0.15) is 11.6 Å². The van der Waals surface area contributed by atoms with Gasteiger partial charge in [-0.05, 0) is 54.2 Å². The minimum atomic E-state index is -0.600. The van der Waals surface area contributed by atoms with Crippen LogP contribution in [0.4, 0.5) is 0 Å². The molecule has 0 aliphatic carbocycles. The van der Waals surface area contributed by atoms with Crippen LogP contribution in [-0.4, -0.2) is 24.8 Å². The first-order valence-electron chi connectivity index (χ1n) is 13.0. The second kappa shape index (κ2) is 11.3. The van der Waals surface area contributed by atoms with Crippen LogP contribution in [0.15, 0.2) is 86.9 Å². The minimum absolute atomic E-state index is 0.0360. The normalized spacial score (nSPS) is 11.1. The maximum atomic E-state index is 13.8. The zero-order chi connectivity index (χ0) is 27.4. The van der Waals surface area contributed by atoms with Crippen LogP contribution < -0.4 is 11.3 Å². The maximum absolute atomic E-state index is 13.8. The summed E-state index contributed by atoms with van der Waals surface area (Å²) in [5, 5.41) is 13.5. The summed E-state index contributed by atoms with van der Waals surface area (Å²) in [7, 11) is 0. The van der Waals surface area contributed by atoms with Crippen molar-refractivity contribution in [2.45, 2.75) is 46.1 Å². The molecule has 39 heavy (non-hydrogen) atoms. The first-order chi connectivity index (χ1) is 18.9. The fourth-order valence-electron chi connectivity index (χ4n) is 4.75. The van der Waals surface area contributed by atoms with Gasteiger partial charge in [0, 0.05) is 17.5 Å². The van der Waals surface area contributed by atoms with Crippen molar-refractivity contribution in [2.24, 2.45) is 0 Å². The molecule has 5 aromatic rings. The van der Waals surface area contributed by atoms with Crippen LogP contribution >= 0.6 is 0 Å². The van der Waals surface area contributed by atoms with Crippen molar-refractivity contribution in [1.29, 1.82) is 0 Å². The van der Waals surface area contributed by atoms with Crippen molar-refractivity contribution in [3.63, 3.8) is 0 Å². The summed E-state index contributed by atoms with van der Waals surface area (Å²) in [6.07, 6.45) is 3.20. The lowest BCUT2D eigenvalue weighted by atomic mass is 9.96. The second-order valence-corrected chi connectivity index (χ2v) is 9.61. The van der Waals surface area contributed by atoms with E-state index in [1.54, 1.807) is 16.7 Å². The number of aromatic hydroxyl groups is 1. The SMILES string of the molecule is CCCCc1nc(C)n(Cc2ccc(O)cc2)c(=O)c1Cc1ccc(-c2ccccc2-c2noc(=O)[nH]2)cc1. The Bertz CT molecular complexity index is 1700. The van der Waals surface area contributed by atoms with Gasteiger partial charge < -0.3 is 5.11 Å². The lowest BCUT2D eigenvalue weighted by Gasteiger charge is -2.16. The second-order valence-electron chi connectivity index (χ2n) is 9.61. The number of aromatic nitrogens is 4. The molecule has 198 valence electrons. The third kappa shape index (κ3) is 5.75. The summed E-state index contributed by atoms with van der Waals surface area (Å²) in [6.45, 7) is 4.39. The highest BCUT2D eigenvalue weighted by molar-refractivity contribution is 5.80. The van der Waals surface area contributed by atoms with E-state index < -0.39 is 5.76 Å². The molecule has 0 atom stereocenters. The first-order valence-corrected chi connectivity index (χ1v) is 13.0. The molecule has 0 saturated heterocycles. The number of aromatic amines is 1. The van der Waals surface area contributed by atoms with E-state index in [0.717, 1.165) is 52.8 Å². The number of unbranched alkanes of at least 4 members (excludes halogenated alkanes) is 1. The summed E-state index contributed by atoms with van der Waals surface area (Å²) >= 11 is 0. The number of benzene rings is 3. The van der Waals surface area contributed by atoms with E-state index in [9.17, 15) is 14.7 Å². The zero-order valence-corrected chi connectivity index (χ0v) is 22.0. The average Bonchev–Trinajstić information content (AvgIpc) is 3.39. The Morgan fingerprint density at radius 3 is 2.28 bits per heavy atom. The maximum Gasteiger partial charge on any atom is 0.439 e. The predicted molar refractivity (Wildman–Crippen MR) is 150 cm³/mol. The van der Waals surface area contributed by atoms with E-state index in [1.807, 2.05) is 67.6 Å². The van der Waals surface area contributed by atoms with Crippen molar-refractivity contribution in [2.75, 3.05) is 0 Å². The largest absolute Gasteiger partial charge is 0.508 e. The number of nitrogens with zero attached hydrogens (tertiary/aromatic N) is 3. The molecule has 0 unspecified atom stereocenters. The fourth-order valence-corrected chi connectivity index (χ4v) is 4.75. The smallest absolute Gasteiger partial charge is 0.439 e. The summed E-state index contributed by atoms with van der Waals surface area (Å²) in [6, 6.07) is 22.6. The van der Waals surface area contributed by atoms with Crippen LogP contribution in [0, 0.1) is 6.92 Å². The highest BCUT2D eigenvalue weighted by Crippen LogP contribution is 2.30. The quantitative estimate of drug-likeness (QED) is 0.273. The molecule has 0 amide bonds. The average molecular weight is 523 g/mol. The summed E-state index contributed by atoms with van der Waals surface area (Å²) in [4.78, 5) is 32.7. The van der Waals surface area contributed by atoms with Crippen LogP contribution in [0.25, 0.3) is 22.5 Å². The number of nitrogens with one attached hydrogen (secondary N) is 1. The van der Waals surface area contributed by atoms with Crippen LogP contribution in [0.1, 0.15) is 48.0 Å². The van der Waals surface area contributed by atoms with Gasteiger partial charge in [0.05, 0.1) is 12.2 Å². The van der Waals surface area contributed by atoms with Crippen LogP contribution in [-0.2, 0) is 19.4 Å². The standard InChI is InChI=1S/C31H30N4O4/c1-3-4-9-28-27(30(37)35(20(2)32-28)19-22-12-16-24(36)17-13-22)18-21-10-14-23(15-11-21)25-7-5-6-8-26(25)29-33-31(38)39-34-29/h5-8,10-17,36H,3-4,9,18-19H2,1-2H3,(H,33,34,38). The molecule has 0 saturated carbocycles. The van der Waals surface area contributed by atoms with E-state index in [2.05, 4.69) is 17.1 Å². The summed E-state index contributed by atoms with van der Waals surface area (Å²) < 4.78 is 6.41. The van der Waals surface area contributed by atoms with E-state index in [1.165, 1.54) is 0 Å². The van der Waals surface area contributed by atoms with Gasteiger partial charge >= 0.3 is 5.76 Å². The summed E-state index contributed by atoms with van der Waals surface area (Å²) in [5.41, 5.74) is 6.07. The Labute approximate surface area is 225 Å². The topological polar surface area (TPSA) is 114 Å². The van der Waals surface area contributed by atoms with Crippen LogP contribution in [0.3, 0.4) is 0 Å². The molecule has 2 aromatic heterocycles. The molecule has 0 fully saturated rings. The molecule has 5 rings (SSSR count). The van der Waals surface area contributed by atoms with E-state index in [-0.39, 0.29) is 11.3 Å².